The van der Waals surface area contributed by atoms with Gasteiger partial charge in [-0.2, -0.15) is 5.26 Å². The van der Waals surface area contributed by atoms with Crippen molar-refractivity contribution in [2.24, 2.45) is 7.05 Å². The van der Waals surface area contributed by atoms with Gasteiger partial charge < -0.3 is 9.67 Å². The first-order valence-corrected chi connectivity index (χ1v) is 5.57. The standard InChI is InChI=1S/C12H17N3O/c1-9-10(5-11(6-13)14(9)2)7-15-4-3-12(16)8-15/h5,12,16H,3-4,7-8H2,1-2H3/t12-/m0/s1. The highest BCUT2D eigenvalue weighted by molar-refractivity contribution is 5.34. The van der Waals surface area contributed by atoms with Crippen molar-refractivity contribution in [1.29, 1.82) is 5.26 Å². The number of rotatable bonds is 2. The normalized spacial score (nSPS) is 21.2. The van der Waals surface area contributed by atoms with Gasteiger partial charge in [-0.25, -0.2) is 0 Å². The van der Waals surface area contributed by atoms with Crippen molar-refractivity contribution in [3.05, 3.63) is 23.0 Å². The van der Waals surface area contributed by atoms with E-state index in [0.29, 0.717) is 5.69 Å². The number of nitriles is 1. The molecule has 1 aliphatic rings. The molecular formula is C12H17N3O. The first kappa shape index (κ1) is 11.2. The van der Waals surface area contributed by atoms with Crippen molar-refractivity contribution in [3.63, 3.8) is 0 Å². The Bertz CT molecular complexity index is 430. The number of aliphatic hydroxyl groups excluding tert-OH is 1. The third kappa shape index (κ3) is 1.97. The molecule has 0 amide bonds. The van der Waals surface area contributed by atoms with Crippen molar-refractivity contribution in [1.82, 2.24) is 9.47 Å². The van der Waals surface area contributed by atoms with E-state index in [1.807, 2.05) is 24.6 Å². The average molecular weight is 219 g/mol. The fourth-order valence-corrected chi connectivity index (χ4v) is 2.23. The number of hydrogen-bond acceptors (Lipinski definition) is 3. The lowest BCUT2D eigenvalue weighted by Crippen LogP contribution is -2.21. The molecule has 86 valence electrons. The fourth-order valence-electron chi connectivity index (χ4n) is 2.23. The van der Waals surface area contributed by atoms with Crippen LogP contribution in [0.4, 0.5) is 0 Å². The lowest BCUT2D eigenvalue weighted by molar-refractivity contribution is 0.174. The molecule has 4 heteroatoms. The molecule has 4 nitrogen and oxygen atoms in total. The molecule has 0 spiro atoms. The summed E-state index contributed by atoms with van der Waals surface area (Å²) in [5.74, 6) is 0. The van der Waals surface area contributed by atoms with E-state index < -0.39 is 0 Å². The summed E-state index contributed by atoms with van der Waals surface area (Å²) in [6, 6.07) is 4.13. The van der Waals surface area contributed by atoms with Crippen LogP contribution in [0.25, 0.3) is 0 Å². The molecule has 1 aromatic rings. The first-order chi connectivity index (χ1) is 7.61. The molecule has 1 aromatic heterocycles. The molecule has 1 atom stereocenters. The molecule has 1 N–H and O–H groups in total. The molecule has 2 rings (SSSR count). The zero-order chi connectivity index (χ0) is 11.7. The zero-order valence-electron chi connectivity index (χ0n) is 9.77. The molecule has 0 radical (unpaired) electrons. The van der Waals surface area contributed by atoms with Crippen LogP contribution < -0.4 is 0 Å². The van der Waals surface area contributed by atoms with Gasteiger partial charge in [-0.05, 0) is 25.0 Å². The molecule has 0 aliphatic carbocycles. The Labute approximate surface area is 95.7 Å². The molecule has 1 fully saturated rings. The van der Waals surface area contributed by atoms with E-state index in [4.69, 9.17) is 5.26 Å². The average Bonchev–Trinajstić information content (AvgIpc) is 2.78. The highest BCUT2D eigenvalue weighted by Crippen LogP contribution is 2.18. The number of aliphatic hydroxyl groups is 1. The van der Waals surface area contributed by atoms with Crippen molar-refractivity contribution < 1.29 is 5.11 Å². The second-order valence-electron chi connectivity index (χ2n) is 4.49. The van der Waals surface area contributed by atoms with Gasteiger partial charge in [0.05, 0.1) is 6.10 Å². The van der Waals surface area contributed by atoms with E-state index in [2.05, 4.69) is 11.0 Å². The van der Waals surface area contributed by atoms with Gasteiger partial charge in [-0.1, -0.05) is 0 Å². The number of β-amino-alcohol motifs (C(OH)–C–C–N with tert-alkyl or cyclic N) is 1. The molecule has 0 saturated carbocycles. The topological polar surface area (TPSA) is 52.2 Å². The summed E-state index contributed by atoms with van der Waals surface area (Å²) in [4.78, 5) is 2.23. The van der Waals surface area contributed by atoms with Gasteiger partial charge >= 0.3 is 0 Å². The van der Waals surface area contributed by atoms with Crippen LogP contribution >= 0.6 is 0 Å². The summed E-state index contributed by atoms with van der Waals surface area (Å²) in [6.45, 7) is 4.55. The van der Waals surface area contributed by atoms with Gasteiger partial charge in [0.1, 0.15) is 11.8 Å². The Morgan fingerprint density at radius 2 is 2.38 bits per heavy atom. The predicted octanol–water partition coefficient (Wildman–Crippen LogP) is 0.772. The Morgan fingerprint density at radius 1 is 1.62 bits per heavy atom. The van der Waals surface area contributed by atoms with Crippen LogP contribution in [0.5, 0.6) is 0 Å². The Morgan fingerprint density at radius 3 is 2.88 bits per heavy atom. The number of likely N-dealkylation sites (tertiary alicyclic amines) is 1. The first-order valence-electron chi connectivity index (χ1n) is 5.57. The van der Waals surface area contributed by atoms with Crippen LogP contribution in [0, 0.1) is 18.3 Å². The van der Waals surface area contributed by atoms with E-state index in [-0.39, 0.29) is 6.10 Å². The van der Waals surface area contributed by atoms with Gasteiger partial charge in [0.2, 0.25) is 0 Å². The molecule has 0 bridgehead atoms. The minimum Gasteiger partial charge on any atom is -0.392 e. The van der Waals surface area contributed by atoms with E-state index in [9.17, 15) is 5.11 Å². The minimum atomic E-state index is -0.181. The van der Waals surface area contributed by atoms with E-state index in [1.54, 1.807) is 0 Å². The van der Waals surface area contributed by atoms with Crippen LogP contribution in [0.1, 0.15) is 23.4 Å². The van der Waals surface area contributed by atoms with Gasteiger partial charge in [-0.3, -0.25) is 4.90 Å². The van der Waals surface area contributed by atoms with Crippen molar-refractivity contribution >= 4 is 0 Å². The lowest BCUT2D eigenvalue weighted by Gasteiger charge is -2.14. The molecular weight excluding hydrogens is 202 g/mol. The second-order valence-corrected chi connectivity index (χ2v) is 4.49. The van der Waals surface area contributed by atoms with E-state index >= 15 is 0 Å². The Balaban J connectivity index is 2.13. The summed E-state index contributed by atoms with van der Waals surface area (Å²) in [5.41, 5.74) is 3.03. The van der Waals surface area contributed by atoms with Gasteiger partial charge in [0, 0.05) is 32.4 Å². The van der Waals surface area contributed by atoms with Crippen LogP contribution in [0.15, 0.2) is 6.07 Å². The van der Waals surface area contributed by atoms with Crippen LogP contribution in [-0.4, -0.2) is 33.8 Å². The summed E-state index contributed by atoms with van der Waals surface area (Å²) in [7, 11) is 1.91. The summed E-state index contributed by atoms with van der Waals surface area (Å²) >= 11 is 0. The van der Waals surface area contributed by atoms with Gasteiger partial charge in [0.25, 0.3) is 0 Å². The molecule has 1 aliphatic heterocycles. The molecule has 0 aromatic carbocycles. The summed E-state index contributed by atoms with van der Waals surface area (Å²) in [6.07, 6.45) is 0.677. The quantitative estimate of drug-likeness (QED) is 0.799. The van der Waals surface area contributed by atoms with Crippen LogP contribution in [-0.2, 0) is 13.6 Å². The molecule has 16 heavy (non-hydrogen) atoms. The van der Waals surface area contributed by atoms with E-state index in [0.717, 1.165) is 31.7 Å². The Hall–Kier alpha value is -1.31. The Kier molecular flexibility index (Phi) is 2.99. The number of aromatic nitrogens is 1. The van der Waals surface area contributed by atoms with Gasteiger partial charge in [-0.15, -0.1) is 0 Å². The second kappa shape index (κ2) is 4.28. The molecule has 2 heterocycles. The summed E-state index contributed by atoms with van der Waals surface area (Å²) < 4.78 is 1.92. The molecule has 1 saturated heterocycles. The maximum Gasteiger partial charge on any atom is 0.120 e. The fraction of sp³-hybridized carbons (Fsp3) is 0.583. The minimum absolute atomic E-state index is 0.181. The molecule has 0 unspecified atom stereocenters. The monoisotopic (exact) mass is 219 g/mol. The largest absolute Gasteiger partial charge is 0.392 e. The predicted molar refractivity (Wildman–Crippen MR) is 60.8 cm³/mol. The third-order valence-corrected chi connectivity index (χ3v) is 3.40. The number of nitrogens with zero attached hydrogens (tertiary/aromatic N) is 3. The van der Waals surface area contributed by atoms with Crippen molar-refractivity contribution in [3.8, 4) is 6.07 Å². The van der Waals surface area contributed by atoms with Crippen molar-refractivity contribution in [2.45, 2.75) is 26.0 Å². The van der Waals surface area contributed by atoms with Gasteiger partial charge in [0.15, 0.2) is 0 Å². The lowest BCUT2D eigenvalue weighted by atomic mass is 10.2. The summed E-state index contributed by atoms with van der Waals surface area (Å²) in [5, 5.41) is 18.4. The maximum atomic E-state index is 9.45. The zero-order valence-corrected chi connectivity index (χ0v) is 9.77. The van der Waals surface area contributed by atoms with Crippen LogP contribution in [0.3, 0.4) is 0 Å². The van der Waals surface area contributed by atoms with Crippen molar-refractivity contribution in [2.75, 3.05) is 13.1 Å². The smallest absolute Gasteiger partial charge is 0.120 e. The van der Waals surface area contributed by atoms with Crippen LogP contribution in [0.2, 0.25) is 0 Å². The SMILES string of the molecule is Cc1c(CN2CC[C@H](O)C2)cc(C#N)n1C. The maximum absolute atomic E-state index is 9.45. The third-order valence-electron chi connectivity index (χ3n) is 3.40. The van der Waals surface area contributed by atoms with E-state index in [1.165, 1.54) is 5.56 Å². The highest BCUT2D eigenvalue weighted by atomic mass is 16.3. The number of hydrogen-bond donors (Lipinski definition) is 1. The highest BCUT2D eigenvalue weighted by Gasteiger charge is 2.21.